The normalized spacial score (nSPS) is 12.5. The number of imidazole rings is 1. The quantitative estimate of drug-likeness (QED) is 0.666. The minimum Gasteiger partial charge on any atom is -0.442 e. The predicted molar refractivity (Wildman–Crippen MR) is 48.1 cm³/mol. The maximum Gasteiger partial charge on any atom is 0.304 e. The Morgan fingerprint density at radius 2 is 2.46 bits per heavy atom. The van der Waals surface area contributed by atoms with Gasteiger partial charge < -0.3 is 9.30 Å². The highest BCUT2D eigenvalue weighted by atomic mass is 16.6. The summed E-state index contributed by atoms with van der Waals surface area (Å²) in [6.07, 6.45) is 4.17. The molecule has 0 N–H and O–H groups in total. The molecule has 1 heterocycles. The first-order valence-electron chi connectivity index (χ1n) is 4.33. The second kappa shape index (κ2) is 4.07. The van der Waals surface area contributed by atoms with Gasteiger partial charge in [0.1, 0.15) is 0 Å². The van der Waals surface area contributed by atoms with Crippen molar-refractivity contribution in [2.24, 2.45) is 0 Å². The Labute approximate surface area is 77.5 Å². The standard InChI is InChI=1S/C9H14N2O2/c1-4-9-5-11(6-10-9)7(2)13-8(3)12/h5-7H,4H2,1-3H3. The fourth-order valence-electron chi connectivity index (χ4n) is 1.06. The van der Waals surface area contributed by atoms with Gasteiger partial charge in [-0.05, 0) is 13.3 Å². The minimum absolute atomic E-state index is 0.273. The van der Waals surface area contributed by atoms with Crippen molar-refractivity contribution in [1.29, 1.82) is 0 Å². The topological polar surface area (TPSA) is 44.1 Å². The molecule has 1 aromatic rings. The molecule has 0 saturated heterocycles. The number of aromatic nitrogens is 2. The van der Waals surface area contributed by atoms with Gasteiger partial charge >= 0.3 is 5.97 Å². The zero-order valence-corrected chi connectivity index (χ0v) is 8.15. The Morgan fingerprint density at radius 1 is 1.77 bits per heavy atom. The summed E-state index contributed by atoms with van der Waals surface area (Å²) in [5.41, 5.74) is 0.999. The number of rotatable bonds is 3. The average Bonchev–Trinajstić information content (AvgIpc) is 2.50. The van der Waals surface area contributed by atoms with Crippen molar-refractivity contribution in [3.63, 3.8) is 0 Å². The molecule has 0 aliphatic heterocycles. The third-order valence-corrected chi connectivity index (χ3v) is 1.77. The second-order valence-corrected chi connectivity index (χ2v) is 2.87. The third-order valence-electron chi connectivity index (χ3n) is 1.77. The fraction of sp³-hybridized carbons (Fsp3) is 0.556. The lowest BCUT2D eigenvalue weighted by molar-refractivity contribution is -0.149. The smallest absolute Gasteiger partial charge is 0.304 e. The van der Waals surface area contributed by atoms with Crippen LogP contribution in [0.15, 0.2) is 12.5 Å². The Kier molecular flexibility index (Phi) is 3.06. The maximum atomic E-state index is 10.6. The summed E-state index contributed by atoms with van der Waals surface area (Å²) in [5, 5.41) is 0. The molecule has 0 aromatic carbocycles. The van der Waals surface area contributed by atoms with Crippen molar-refractivity contribution in [1.82, 2.24) is 9.55 Å². The van der Waals surface area contributed by atoms with E-state index in [2.05, 4.69) is 4.98 Å². The zero-order valence-electron chi connectivity index (χ0n) is 8.15. The maximum absolute atomic E-state index is 10.6. The largest absolute Gasteiger partial charge is 0.442 e. The lowest BCUT2D eigenvalue weighted by Gasteiger charge is -2.12. The van der Waals surface area contributed by atoms with Crippen LogP contribution in [0, 0.1) is 0 Å². The van der Waals surface area contributed by atoms with Gasteiger partial charge in [0.15, 0.2) is 6.23 Å². The number of carbonyl (C=O) groups is 1. The van der Waals surface area contributed by atoms with Gasteiger partial charge in [-0.15, -0.1) is 0 Å². The van der Waals surface area contributed by atoms with Crippen molar-refractivity contribution in [2.75, 3.05) is 0 Å². The molecule has 1 unspecified atom stereocenters. The van der Waals surface area contributed by atoms with E-state index in [0.29, 0.717) is 0 Å². The lowest BCUT2D eigenvalue weighted by atomic mass is 10.4. The molecule has 1 aromatic heterocycles. The Bertz CT molecular complexity index is 294. The van der Waals surface area contributed by atoms with Gasteiger partial charge in [0.2, 0.25) is 0 Å². The molecule has 0 amide bonds. The lowest BCUT2D eigenvalue weighted by Crippen LogP contribution is -2.10. The van der Waals surface area contributed by atoms with Crippen LogP contribution in [0.25, 0.3) is 0 Å². The highest BCUT2D eigenvalue weighted by molar-refractivity contribution is 5.65. The molecule has 0 radical (unpaired) electrons. The van der Waals surface area contributed by atoms with E-state index in [-0.39, 0.29) is 12.2 Å². The number of carbonyl (C=O) groups excluding carboxylic acids is 1. The van der Waals surface area contributed by atoms with E-state index in [1.54, 1.807) is 10.9 Å². The molecule has 0 aliphatic carbocycles. The summed E-state index contributed by atoms with van der Waals surface area (Å²) < 4.78 is 6.76. The van der Waals surface area contributed by atoms with Crippen LogP contribution >= 0.6 is 0 Å². The molecule has 0 fully saturated rings. The first kappa shape index (κ1) is 9.77. The molecule has 13 heavy (non-hydrogen) atoms. The molecular formula is C9H14N2O2. The van der Waals surface area contributed by atoms with E-state index in [1.807, 2.05) is 20.0 Å². The first-order valence-corrected chi connectivity index (χ1v) is 4.33. The van der Waals surface area contributed by atoms with Gasteiger partial charge in [0, 0.05) is 13.1 Å². The molecule has 0 bridgehead atoms. The van der Waals surface area contributed by atoms with Crippen LogP contribution in [-0.2, 0) is 16.0 Å². The van der Waals surface area contributed by atoms with Crippen molar-refractivity contribution in [3.8, 4) is 0 Å². The van der Waals surface area contributed by atoms with Gasteiger partial charge in [-0.2, -0.15) is 0 Å². The Balaban J connectivity index is 2.65. The Morgan fingerprint density at radius 3 is 2.92 bits per heavy atom. The van der Waals surface area contributed by atoms with E-state index in [9.17, 15) is 4.79 Å². The van der Waals surface area contributed by atoms with Gasteiger partial charge in [-0.25, -0.2) is 4.98 Å². The molecule has 0 saturated carbocycles. The van der Waals surface area contributed by atoms with Crippen molar-refractivity contribution in [2.45, 2.75) is 33.4 Å². The average molecular weight is 182 g/mol. The molecule has 4 heteroatoms. The monoisotopic (exact) mass is 182 g/mol. The second-order valence-electron chi connectivity index (χ2n) is 2.87. The fourth-order valence-corrected chi connectivity index (χ4v) is 1.06. The van der Waals surface area contributed by atoms with E-state index in [1.165, 1.54) is 6.92 Å². The van der Waals surface area contributed by atoms with Gasteiger partial charge in [-0.1, -0.05) is 6.92 Å². The predicted octanol–water partition coefficient (Wildman–Crippen LogP) is 1.53. The van der Waals surface area contributed by atoms with E-state index in [4.69, 9.17) is 4.74 Å². The van der Waals surface area contributed by atoms with Gasteiger partial charge in [0.25, 0.3) is 0 Å². The minimum atomic E-state index is -0.278. The summed E-state index contributed by atoms with van der Waals surface area (Å²) in [5.74, 6) is -0.278. The summed E-state index contributed by atoms with van der Waals surface area (Å²) in [6, 6.07) is 0. The number of esters is 1. The van der Waals surface area contributed by atoms with Gasteiger partial charge in [0.05, 0.1) is 12.0 Å². The molecule has 1 atom stereocenters. The number of ether oxygens (including phenoxy) is 1. The highest BCUT2D eigenvalue weighted by Crippen LogP contribution is 2.08. The Hall–Kier alpha value is -1.32. The van der Waals surface area contributed by atoms with Crippen LogP contribution in [0.1, 0.15) is 32.7 Å². The SMILES string of the molecule is CCc1cn(C(C)OC(C)=O)cn1. The van der Waals surface area contributed by atoms with Gasteiger partial charge in [-0.3, -0.25) is 4.79 Å². The van der Waals surface area contributed by atoms with E-state index >= 15 is 0 Å². The summed E-state index contributed by atoms with van der Waals surface area (Å²) >= 11 is 0. The molecule has 0 spiro atoms. The molecule has 1 rings (SSSR count). The van der Waals surface area contributed by atoms with Crippen LogP contribution in [-0.4, -0.2) is 15.5 Å². The molecule has 0 aliphatic rings. The highest BCUT2D eigenvalue weighted by Gasteiger charge is 2.07. The summed E-state index contributed by atoms with van der Waals surface area (Å²) in [4.78, 5) is 14.8. The molecule has 72 valence electrons. The molecule has 4 nitrogen and oxygen atoms in total. The number of hydrogen-bond acceptors (Lipinski definition) is 3. The first-order chi connectivity index (χ1) is 6.13. The number of hydrogen-bond donors (Lipinski definition) is 0. The van der Waals surface area contributed by atoms with Crippen LogP contribution in [0.2, 0.25) is 0 Å². The number of aryl methyl sites for hydroxylation is 1. The molecular weight excluding hydrogens is 168 g/mol. The van der Waals surface area contributed by atoms with Crippen LogP contribution in [0.3, 0.4) is 0 Å². The van der Waals surface area contributed by atoms with E-state index < -0.39 is 0 Å². The number of nitrogens with zero attached hydrogens (tertiary/aromatic N) is 2. The third kappa shape index (κ3) is 2.57. The zero-order chi connectivity index (χ0) is 9.84. The van der Waals surface area contributed by atoms with Crippen LogP contribution in [0.4, 0.5) is 0 Å². The summed E-state index contributed by atoms with van der Waals surface area (Å²) in [7, 11) is 0. The van der Waals surface area contributed by atoms with Crippen LogP contribution < -0.4 is 0 Å². The van der Waals surface area contributed by atoms with Crippen molar-refractivity contribution in [3.05, 3.63) is 18.2 Å². The van der Waals surface area contributed by atoms with Crippen molar-refractivity contribution >= 4 is 5.97 Å². The van der Waals surface area contributed by atoms with E-state index in [0.717, 1.165) is 12.1 Å². The van der Waals surface area contributed by atoms with Crippen LogP contribution in [0.5, 0.6) is 0 Å². The summed E-state index contributed by atoms with van der Waals surface area (Å²) in [6.45, 7) is 5.24. The van der Waals surface area contributed by atoms with Crippen molar-refractivity contribution < 1.29 is 9.53 Å².